The van der Waals surface area contributed by atoms with E-state index in [4.69, 9.17) is 5.26 Å². The number of benzene rings is 1. The minimum atomic E-state index is -0.295. The minimum Gasteiger partial charge on any atom is -0.321 e. The van der Waals surface area contributed by atoms with Crippen LogP contribution in [0.3, 0.4) is 0 Å². The summed E-state index contributed by atoms with van der Waals surface area (Å²) in [7, 11) is 0. The van der Waals surface area contributed by atoms with Crippen molar-refractivity contribution >= 4 is 17.6 Å². The summed E-state index contributed by atoms with van der Waals surface area (Å²) >= 11 is 0. The molecule has 1 aliphatic heterocycles. The normalized spacial score (nSPS) is 15.9. The number of hydrogen-bond acceptors (Lipinski definition) is 3. The highest BCUT2D eigenvalue weighted by Crippen LogP contribution is 2.22. The SMILES string of the molecule is CC(C)N1CCC(=O)N(c2ccc(C#N)cc2)C1=O. The maximum atomic E-state index is 12.3. The summed E-state index contributed by atoms with van der Waals surface area (Å²) in [6.07, 6.45) is 0.323. The van der Waals surface area contributed by atoms with E-state index in [1.165, 1.54) is 4.90 Å². The average Bonchev–Trinajstić information content (AvgIpc) is 2.39. The molecule has 0 spiro atoms. The fourth-order valence-corrected chi connectivity index (χ4v) is 2.08. The topological polar surface area (TPSA) is 64.4 Å². The smallest absolute Gasteiger partial charge is 0.321 e. The number of carbonyl (C=O) groups excluding carboxylic acids is 2. The lowest BCUT2D eigenvalue weighted by Gasteiger charge is -2.36. The molecule has 1 aromatic rings. The highest BCUT2D eigenvalue weighted by Gasteiger charge is 2.34. The van der Waals surface area contributed by atoms with Gasteiger partial charge in [0.05, 0.1) is 17.3 Å². The van der Waals surface area contributed by atoms with Crippen LogP contribution in [0.1, 0.15) is 25.8 Å². The first kappa shape index (κ1) is 13.1. The second-order valence-corrected chi connectivity index (χ2v) is 4.71. The summed E-state index contributed by atoms with van der Waals surface area (Å²) in [5, 5.41) is 8.75. The third-order valence-electron chi connectivity index (χ3n) is 3.13. The van der Waals surface area contributed by atoms with Crippen LogP contribution in [0.2, 0.25) is 0 Å². The van der Waals surface area contributed by atoms with E-state index in [0.717, 1.165) is 0 Å². The Balaban J connectivity index is 2.32. The van der Waals surface area contributed by atoms with Gasteiger partial charge in [-0.1, -0.05) is 0 Å². The number of nitrogens with zero attached hydrogens (tertiary/aromatic N) is 3. The Kier molecular flexibility index (Phi) is 3.52. The van der Waals surface area contributed by atoms with E-state index in [1.54, 1.807) is 29.2 Å². The van der Waals surface area contributed by atoms with E-state index >= 15 is 0 Å². The lowest BCUT2D eigenvalue weighted by molar-refractivity contribution is -0.119. The van der Waals surface area contributed by atoms with Gasteiger partial charge >= 0.3 is 6.03 Å². The summed E-state index contributed by atoms with van der Waals surface area (Å²) in [6.45, 7) is 4.30. The van der Waals surface area contributed by atoms with Crippen LogP contribution >= 0.6 is 0 Å². The molecule has 0 atom stereocenters. The first-order valence-corrected chi connectivity index (χ1v) is 6.18. The van der Waals surface area contributed by atoms with Crippen molar-refractivity contribution in [1.29, 1.82) is 5.26 Å². The molecule has 1 saturated heterocycles. The van der Waals surface area contributed by atoms with Gasteiger partial charge in [-0.15, -0.1) is 0 Å². The average molecular weight is 257 g/mol. The first-order valence-electron chi connectivity index (χ1n) is 6.18. The molecule has 0 bridgehead atoms. The van der Waals surface area contributed by atoms with Crippen LogP contribution in [-0.2, 0) is 4.79 Å². The molecular formula is C14H15N3O2. The van der Waals surface area contributed by atoms with Crippen LogP contribution in [0, 0.1) is 11.3 Å². The van der Waals surface area contributed by atoms with Crippen LogP contribution < -0.4 is 4.90 Å². The first-order chi connectivity index (χ1) is 9.04. The molecule has 5 nitrogen and oxygen atoms in total. The van der Waals surface area contributed by atoms with Crippen LogP contribution in [0.15, 0.2) is 24.3 Å². The van der Waals surface area contributed by atoms with Crippen molar-refractivity contribution in [2.45, 2.75) is 26.3 Å². The van der Waals surface area contributed by atoms with Gasteiger partial charge < -0.3 is 4.90 Å². The maximum Gasteiger partial charge on any atom is 0.331 e. The van der Waals surface area contributed by atoms with E-state index in [2.05, 4.69) is 0 Å². The third kappa shape index (κ3) is 2.43. The zero-order valence-electron chi connectivity index (χ0n) is 11.0. The van der Waals surface area contributed by atoms with E-state index < -0.39 is 0 Å². The quantitative estimate of drug-likeness (QED) is 0.815. The largest absolute Gasteiger partial charge is 0.331 e. The molecular weight excluding hydrogens is 242 g/mol. The lowest BCUT2D eigenvalue weighted by atomic mass is 10.1. The summed E-state index contributed by atoms with van der Waals surface area (Å²) < 4.78 is 0. The Hall–Kier alpha value is -2.35. The van der Waals surface area contributed by atoms with Crippen LogP contribution in [0.25, 0.3) is 0 Å². The fourth-order valence-electron chi connectivity index (χ4n) is 2.08. The monoisotopic (exact) mass is 257 g/mol. The van der Waals surface area contributed by atoms with Gasteiger partial charge in [-0.2, -0.15) is 5.26 Å². The Labute approximate surface area is 112 Å². The number of urea groups is 1. The Bertz CT molecular complexity index is 543. The third-order valence-corrected chi connectivity index (χ3v) is 3.13. The van der Waals surface area contributed by atoms with E-state index in [9.17, 15) is 9.59 Å². The van der Waals surface area contributed by atoms with Crippen molar-refractivity contribution in [3.63, 3.8) is 0 Å². The molecule has 0 aliphatic carbocycles. The molecule has 1 aromatic carbocycles. The number of rotatable bonds is 2. The zero-order chi connectivity index (χ0) is 14.0. The molecule has 2 rings (SSSR count). The molecule has 0 N–H and O–H groups in total. The molecule has 0 aromatic heterocycles. The standard InChI is InChI=1S/C14H15N3O2/c1-10(2)16-8-7-13(18)17(14(16)19)12-5-3-11(9-15)4-6-12/h3-6,10H,7-8H2,1-2H3. The fraction of sp³-hybridized carbons (Fsp3) is 0.357. The number of nitriles is 1. The van der Waals surface area contributed by atoms with Gasteiger partial charge in [-0.3, -0.25) is 4.79 Å². The van der Waals surface area contributed by atoms with Gasteiger partial charge in [0.25, 0.3) is 0 Å². The van der Waals surface area contributed by atoms with E-state index in [-0.39, 0.29) is 18.0 Å². The summed E-state index contributed by atoms with van der Waals surface area (Å²) in [5.41, 5.74) is 1.01. The molecule has 5 heteroatoms. The Morgan fingerprint density at radius 3 is 2.37 bits per heavy atom. The van der Waals surface area contributed by atoms with Crippen molar-refractivity contribution in [2.75, 3.05) is 11.4 Å². The van der Waals surface area contributed by atoms with Gasteiger partial charge in [0.2, 0.25) is 5.91 Å². The maximum absolute atomic E-state index is 12.3. The zero-order valence-corrected chi connectivity index (χ0v) is 11.0. The molecule has 0 unspecified atom stereocenters. The number of amides is 3. The van der Waals surface area contributed by atoms with Crippen molar-refractivity contribution < 1.29 is 9.59 Å². The minimum absolute atomic E-state index is 0.0569. The molecule has 1 heterocycles. The van der Waals surface area contributed by atoms with Crippen LogP contribution in [-0.4, -0.2) is 29.4 Å². The van der Waals surface area contributed by atoms with E-state index in [0.29, 0.717) is 24.2 Å². The molecule has 19 heavy (non-hydrogen) atoms. The highest BCUT2D eigenvalue weighted by atomic mass is 16.2. The number of carbonyl (C=O) groups is 2. The van der Waals surface area contributed by atoms with Crippen LogP contribution in [0.5, 0.6) is 0 Å². The van der Waals surface area contributed by atoms with Gasteiger partial charge in [-0.25, -0.2) is 9.69 Å². The summed E-state index contributed by atoms with van der Waals surface area (Å²) in [5.74, 6) is -0.202. The summed E-state index contributed by atoms with van der Waals surface area (Å²) in [4.78, 5) is 27.1. The molecule has 98 valence electrons. The predicted molar refractivity (Wildman–Crippen MR) is 70.5 cm³/mol. The predicted octanol–water partition coefficient (Wildman–Crippen LogP) is 2.13. The van der Waals surface area contributed by atoms with Crippen molar-refractivity contribution in [3.05, 3.63) is 29.8 Å². The second kappa shape index (κ2) is 5.11. The molecule has 3 amide bonds. The van der Waals surface area contributed by atoms with E-state index in [1.807, 2.05) is 19.9 Å². The second-order valence-electron chi connectivity index (χ2n) is 4.71. The van der Waals surface area contributed by atoms with Crippen molar-refractivity contribution in [1.82, 2.24) is 4.90 Å². The lowest BCUT2D eigenvalue weighted by Crippen LogP contribution is -2.54. The van der Waals surface area contributed by atoms with Crippen molar-refractivity contribution in [3.8, 4) is 6.07 Å². The number of anilines is 1. The number of hydrogen-bond donors (Lipinski definition) is 0. The Morgan fingerprint density at radius 1 is 1.21 bits per heavy atom. The van der Waals surface area contributed by atoms with Crippen molar-refractivity contribution in [2.24, 2.45) is 0 Å². The Morgan fingerprint density at radius 2 is 1.84 bits per heavy atom. The molecule has 0 radical (unpaired) electrons. The summed E-state index contributed by atoms with van der Waals surface area (Å²) in [6, 6.07) is 8.22. The van der Waals surface area contributed by atoms with Gasteiger partial charge in [0, 0.05) is 19.0 Å². The molecule has 1 fully saturated rings. The molecule has 1 aliphatic rings. The number of imide groups is 1. The van der Waals surface area contributed by atoms with Gasteiger partial charge in [-0.05, 0) is 38.1 Å². The van der Waals surface area contributed by atoms with Gasteiger partial charge in [0.1, 0.15) is 0 Å². The highest BCUT2D eigenvalue weighted by molar-refractivity contribution is 6.15. The van der Waals surface area contributed by atoms with Crippen LogP contribution in [0.4, 0.5) is 10.5 Å². The molecule has 0 saturated carbocycles. The van der Waals surface area contributed by atoms with Gasteiger partial charge in [0.15, 0.2) is 0 Å².